The van der Waals surface area contributed by atoms with Gasteiger partial charge in [-0.15, -0.1) is 0 Å². The molecule has 4 rings (SSSR count). The van der Waals surface area contributed by atoms with Crippen LogP contribution in [0, 0.1) is 0 Å². The summed E-state index contributed by atoms with van der Waals surface area (Å²) in [5, 5.41) is 4.57. The third kappa shape index (κ3) is 3.28. The van der Waals surface area contributed by atoms with Crippen molar-refractivity contribution < 1.29 is 22.3 Å². The zero-order valence-corrected chi connectivity index (χ0v) is 14.5. The molecule has 0 saturated heterocycles. The SMILES string of the molecule is CCCc1cc(=O)oc2cc(Oc3cc(C(F)(F)F)nc4ncnn34)ccc12. The van der Waals surface area contributed by atoms with Gasteiger partial charge in [0.1, 0.15) is 17.7 Å². The van der Waals surface area contributed by atoms with Crippen molar-refractivity contribution >= 4 is 16.7 Å². The molecule has 0 fully saturated rings. The van der Waals surface area contributed by atoms with Crippen LogP contribution in [0.25, 0.3) is 16.7 Å². The maximum Gasteiger partial charge on any atom is 0.433 e. The van der Waals surface area contributed by atoms with Gasteiger partial charge in [0, 0.05) is 23.6 Å². The van der Waals surface area contributed by atoms with Crippen molar-refractivity contribution in [2.75, 3.05) is 0 Å². The Hall–Kier alpha value is -3.43. The predicted molar refractivity (Wildman–Crippen MR) is 92.3 cm³/mol. The molecule has 0 bridgehead atoms. The molecule has 0 aliphatic heterocycles. The Bertz CT molecular complexity index is 1230. The van der Waals surface area contributed by atoms with Gasteiger partial charge in [-0.25, -0.2) is 9.78 Å². The number of halogens is 3. The summed E-state index contributed by atoms with van der Waals surface area (Å²) >= 11 is 0. The third-order valence-electron chi connectivity index (χ3n) is 4.05. The second-order valence-corrected chi connectivity index (χ2v) is 6.05. The van der Waals surface area contributed by atoms with E-state index in [0.29, 0.717) is 6.42 Å². The van der Waals surface area contributed by atoms with E-state index < -0.39 is 17.5 Å². The van der Waals surface area contributed by atoms with Gasteiger partial charge in [0.2, 0.25) is 5.88 Å². The lowest BCUT2D eigenvalue weighted by Crippen LogP contribution is -2.11. The molecule has 0 N–H and O–H groups in total. The van der Waals surface area contributed by atoms with Crippen LogP contribution in [0.15, 0.2) is 45.9 Å². The van der Waals surface area contributed by atoms with Crippen LogP contribution in [0.1, 0.15) is 24.6 Å². The summed E-state index contributed by atoms with van der Waals surface area (Å²) in [4.78, 5) is 18.9. The third-order valence-corrected chi connectivity index (χ3v) is 4.05. The number of aromatic nitrogens is 4. The minimum absolute atomic E-state index is 0.181. The lowest BCUT2D eigenvalue weighted by Gasteiger charge is -2.11. The number of ether oxygens (including phenoxy) is 1. The highest BCUT2D eigenvalue weighted by Crippen LogP contribution is 2.32. The van der Waals surface area contributed by atoms with Crippen molar-refractivity contribution in [1.82, 2.24) is 19.6 Å². The van der Waals surface area contributed by atoms with Gasteiger partial charge >= 0.3 is 11.8 Å². The molecule has 0 amide bonds. The van der Waals surface area contributed by atoms with Gasteiger partial charge in [-0.3, -0.25) is 0 Å². The molecule has 0 aliphatic rings. The van der Waals surface area contributed by atoms with Crippen molar-refractivity contribution in [1.29, 1.82) is 0 Å². The summed E-state index contributed by atoms with van der Waals surface area (Å²) < 4.78 is 51.1. The minimum Gasteiger partial charge on any atom is -0.439 e. The molecular formula is C18H13F3N4O3. The standard InChI is InChI=1S/C18H13F3N4O3/c1-2-3-10-6-16(26)28-13-7-11(4-5-12(10)13)27-15-8-14(18(19,20)21)24-17-22-9-23-25(15)17/h4-9H,2-3H2,1H3. The largest absolute Gasteiger partial charge is 0.439 e. The summed E-state index contributed by atoms with van der Waals surface area (Å²) in [7, 11) is 0. The van der Waals surface area contributed by atoms with Gasteiger partial charge in [-0.05, 0) is 24.1 Å². The van der Waals surface area contributed by atoms with Gasteiger partial charge in [0.15, 0.2) is 5.69 Å². The number of benzene rings is 1. The fraction of sp³-hybridized carbons (Fsp3) is 0.222. The van der Waals surface area contributed by atoms with Crippen LogP contribution in [0.5, 0.6) is 11.6 Å². The van der Waals surface area contributed by atoms with E-state index >= 15 is 0 Å². The highest BCUT2D eigenvalue weighted by atomic mass is 19.4. The minimum atomic E-state index is -4.67. The molecule has 10 heteroatoms. The first-order valence-electron chi connectivity index (χ1n) is 8.38. The first-order chi connectivity index (χ1) is 13.3. The molecule has 0 atom stereocenters. The van der Waals surface area contributed by atoms with E-state index in [9.17, 15) is 18.0 Å². The molecule has 3 aromatic heterocycles. The van der Waals surface area contributed by atoms with Gasteiger partial charge in [0.05, 0.1) is 0 Å². The number of rotatable bonds is 4. The maximum absolute atomic E-state index is 13.1. The zero-order valence-electron chi connectivity index (χ0n) is 14.5. The molecule has 0 unspecified atom stereocenters. The number of hydrogen-bond acceptors (Lipinski definition) is 6. The Kier molecular flexibility index (Phi) is 4.25. The average molecular weight is 390 g/mol. The van der Waals surface area contributed by atoms with E-state index in [0.717, 1.165) is 34.3 Å². The zero-order chi connectivity index (χ0) is 19.9. The first-order valence-corrected chi connectivity index (χ1v) is 8.38. The summed E-state index contributed by atoms with van der Waals surface area (Å²) in [6.07, 6.45) is -2.05. The summed E-state index contributed by atoms with van der Waals surface area (Å²) in [6, 6.07) is 6.90. The van der Waals surface area contributed by atoms with E-state index in [1.807, 2.05) is 6.92 Å². The fourth-order valence-electron chi connectivity index (χ4n) is 2.87. The van der Waals surface area contributed by atoms with Crippen LogP contribution < -0.4 is 10.4 Å². The van der Waals surface area contributed by atoms with E-state index in [-0.39, 0.29) is 23.0 Å². The number of alkyl halides is 3. The molecule has 1 aromatic carbocycles. The van der Waals surface area contributed by atoms with Crippen LogP contribution in [-0.4, -0.2) is 19.6 Å². The molecular weight excluding hydrogens is 377 g/mol. The maximum atomic E-state index is 13.1. The second-order valence-electron chi connectivity index (χ2n) is 6.05. The molecule has 28 heavy (non-hydrogen) atoms. The average Bonchev–Trinajstić information content (AvgIpc) is 3.10. The van der Waals surface area contributed by atoms with Crippen molar-refractivity contribution in [3.05, 3.63) is 58.3 Å². The van der Waals surface area contributed by atoms with E-state index in [2.05, 4.69) is 15.1 Å². The van der Waals surface area contributed by atoms with Gasteiger partial charge in [0.25, 0.3) is 5.78 Å². The van der Waals surface area contributed by atoms with Crippen molar-refractivity contribution in [3.63, 3.8) is 0 Å². The van der Waals surface area contributed by atoms with Crippen molar-refractivity contribution in [3.8, 4) is 11.6 Å². The highest BCUT2D eigenvalue weighted by molar-refractivity contribution is 5.81. The van der Waals surface area contributed by atoms with E-state index in [4.69, 9.17) is 9.15 Å². The summed E-state index contributed by atoms with van der Waals surface area (Å²) in [5.74, 6) is -0.288. The van der Waals surface area contributed by atoms with Crippen molar-refractivity contribution in [2.24, 2.45) is 0 Å². The summed E-state index contributed by atoms with van der Waals surface area (Å²) in [6.45, 7) is 1.99. The van der Waals surface area contributed by atoms with Gasteiger partial charge in [-0.1, -0.05) is 13.3 Å². The lowest BCUT2D eigenvalue weighted by atomic mass is 10.1. The highest BCUT2D eigenvalue weighted by Gasteiger charge is 2.34. The van der Waals surface area contributed by atoms with E-state index in [1.54, 1.807) is 12.1 Å². The fourth-order valence-corrected chi connectivity index (χ4v) is 2.87. The Morgan fingerprint density at radius 1 is 1.21 bits per heavy atom. The lowest BCUT2D eigenvalue weighted by molar-refractivity contribution is -0.141. The molecule has 0 aliphatic carbocycles. The molecule has 3 heterocycles. The van der Waals surface area contributed by atoms with Crippen LogP contribution >= 0.6 is 0 Å². The smallest absolute Gasteiger partial charge is 0.433 e. The van der Waals surface area contributed by atoms with Crippen LogP contribution in [-0.2, 0) is 12.6 Å². The Morgan fingerprint density at radius 2 is 2.04 bits per heavy atom. The number of fused-ring (bicyclic) bond motifs is 2. The normalized spacial score (nSPS) is 12.0. The van der Waals surface area contributed by atoms with Gasteiger partial charge < -0.3 is 9.15 Å². The Labute approximate surface area is 155 Å². The molecule has 7 nitrogen and oxygen atoms in total. The number of aryl methyl sites for hydroxylation is 1. The second kappa shape index (κ2) is 6.63. The predicted octanol–water partition coefficient (Wildman–Crippen LogP) is 3.99. The quantitative estimate of drug-likeness (QED) is 0.490. The van der Waals surface area contributed by atoms with Crippen molar-refractivity contribution in [2.45, 2.75) is 25.9 Å². The number of nitrogens with zero attached hydrogens (tertiary/aromatic N) is 4. The molecule has 0 spiro atoms. The molecule has 144 valence electrons. The molecule has 0 saturated carbocycles. The van der Waals surface area contributed by atoms with Crippen LogP contribution in [0.4, 0.5) is 13.2 Å². The molecule has 4 aromatic rings. The van der Waals surface area contributed by atoms with Crippen LogP contribution in [0.2, 0.25) is 0 Å². The van der Waals surface area contributed by atoms with Gasteiger partial charge in [-0.2, -0.15) is 27.8 Å². The Balaban J connectivity index is 1.80. The van der Waals surface area contributed by atoms with E-state index in [1.165, 1.54) is 12.1 Å². The summed E-state index contributed by atoms with van der Waals surface area (Å²) in [5.41, 5.74) is -0.536. The topological polar surface area (TPSA) is 82.5 Å². The molecule has 0 radical (unpaired) electrons. The number of hydrogen-bond donors (Lipinski definition) is 0. The van der Waals surface area contributed by atoms with Crippen LogP contribution in [0.3, 0.4) is 0 Å². The first kappa shape index (κ1) is 18.0. The monoisotopic (exact) mass is 390 g/mol. The Morgan fingerprint density at radius 3 is 2.79 bits per heavy atom.